The third-order valence-corrected chi connectivity index (χ3v) is 4.47. The van der Waals surface area contributed by atoms with Crippen LogP contribution in [0.1, 0.15) is 22.4 Å². The second-order valence-corrected chi connectivity index (χ2v) is 6.42. The summed E-state index contributed by atoms with van der Waals surface area (Å²) >= 11 is 0. The van der Waals surface area contributed by atoms with Gasteiger partial charge >= 0.3 is 0 Å². The van der Waals surface area contributed by atoms with Gasteiger partial charge in [0, 0.05) is 35.8 Å². The van der Waals surface area contributed by atoms with Gasteiger partial charge in [0.15, 0.2) is 0 Å². The van der Waals surface area contributed by atoms with Crippen molar-refractivity contribution >= 4 is 5.91 Å². The van der Waals surface area contributed by atoms with E-state index in [0.717, 1.165) is 12.0 Å². The predicted octanol–water partition coefficient (Wildman–Crippen LogP) is 2.35. The smallest absolute Gasteiger partial charge is 0.255 e. The molecule has 6 nitrogen and oxygen atoms in total. The van der Waals surface area contributed by atoms with Gasteiger partial charge in [-0.2, -0.15) is 0 Å². The molecule has 0 radical (unpaired) electrons. The molecule has 0 unspecified atom stereocenters. The first-order valence-corrected chi connectivity index (χ1v) is 8.86. The van der Waals surface area contributed by atoms with Crippen LogP contribution in [0.5, 0.6) is 0 Å². The quantitative estimate of drug-likeness (QED) is 0.705. The van der Waals surface area contributed by atoms with E-state index < -0.39 is 0 Å². The number of aromatic nitrogens is 3. The molecular weight excluding hydrogens is 340 g/mol. The van der Waals surface area contributed by atoms with Gasteiger partial charge in [0.05, 0.1) is 6.42 Å². The molecule has 1 amide bonds. The zero-order valence-corrected chi connectivity index (χ0v) is 15.5. The molecule has 3 rings (SSSR count). The number of hydrogen-bond donors (Lipinski definition) is 2. The number of aryl methyl sites for hydroxylation is 2. The van der Waals surface area contributed by atoms with Crippen LogP contribution in [0.2, 0.25) is 0 Å². The highest BCUT2D eigenvalue weighted by Gasteiger charge is 2.13. The molecule has 0 aliphatic heterocycles. The van der Waals surface area contributed by atoms with Crippen molar-refractivity contribution in [1.29, 1.82) is 0 Å². The number of benzene rings is 1. The van der Waals surface area contributed by atoms with Crippen molar-refractivity contribution in [3.63, 3.8) is 0 Å². The van der Waals surface area contributed by atoms with Gasteiger partial charge in [0.1, 0.15) is 5.82 Å². The Morgan fingerprint density at radius 2 is 1.96 bits per heavy atom. The van der Waals surface area contributed by atoms with Gasteiger partial charge in [-0.1, -0.05) is 24.3 Å². The highest BCUT2D eigenvalue weighted by molar-refractivity contribution is 5.78. The summed E-state index contributed by atoms with van der Waals surface area (Å²) in [6.07, 6.45) is 4.06. The van der Waals surface area contributed by atoms with Crippen molar-refractivity contribution in [2.75, 3.05) is 6.54 Å². The molecule has 138 valence electrons. The summed E-state index contributed by atoms with van der Waals surface area (Å²) in [5.41, 5.74) is 3.77. The standard InChI is InChI=1S/C21H22N4O2/c1-14-6-3-4-7-16(14)9-11-23-19(26)12-18-15(2)24-20(25-21(18)27)17-8-5-10-22-13-17/h3-8,10,13H,9,11-12H2,1-2H3,(H,23,26)(H,24,25,27). The minimum Gasteiger partial charge on any atom is -0.355 e. The first-order valence-electron chi connectivity index (χ1n) is 8.86. The average Bonchev–Trinajstić information content (AvgIpc) is 2.67. The number of carbonyl (C=O) groups is 1. The van der Waals surface area contributed by atoms with Gasteiger partial charge in [-0.15, -0.1) is 0 Å². The number of amides is 1. The van der Waals surface area contributed by atoms with Gasteiger partial charge < -0.3 is 10.3 Å². The Morgan fingerprint density at radius 1 is 1.15 bits per heavy atom. The van der Waals surface area contributed by atoms with E-state index in [9.17, 15) is 9.59 Å². The van der Waals surface area contributed by atoms with Crippen molar-refractivity contribution in [3.8, 4) is 11.4 Å². The normalized spacial score (nSPS) is 10.6. The molecule has 2 aromatic heterocycles. The van der Waals surface area contributed by atoms with Crippen molar-refractivity contribution in [3.05, 3.63) is 81.5 Å². The summed E-state index contributed by atoms with van der Waals surface area (Å²) in [6, 6.07) is 11.7. The predicted molar refractivity (Wildman–Crippen MR) is 104 cm³/mol. The molecule has 27 heavy (non-hydrogen) atoms. The molecule has 0 saturated carbocycles. The van der Waals surface area contributed by atoms with Crippen LogP contribution in [-0.4, -0.2) is 27.4 Å². The van der Waals surface area contributed by atoms with Gasteiger partial charge in [0.2, 0.25) is 5.91 Å². The second kappa shape index (κ2) is 8.40. The summed E-state index contributed by atoms with van der Waals surface area (Å²) < 4.78 is 0. The van der Waals surface area contributed by atoms with Crippen LogP contribution in [0.3, 0.4) is 0 Å². The SMILES string of the molecule is Cc1ccccc1CCNC(=O)Cc1c(C)nc(-c2cccnc2)[nH]c1=O. The summed E-state index contributed by atoms with van der Waals surface area (Å²) in [5.74, 6) is 0.266. The van der Waals surface area contributed by atoms with Crippen LogP contribution >= 0.6 is 0 Å². The molecule has 6 heteroatoms. The maximum Gasteiger partial charge on any atom is 0.255 e. The van der Waals surface area contributed by atoms with E-state index in [2.05, 4.69) is 39.3 Å². The number of aromatic amines is 1. The van der Waals surface area contributed by atoms with E-state index in [-0.39, 0.29) is 17.9 Å². The fraction of sp³-hybridized carbons (Fsp3) is 0.238. The molecular formula is C21H22N4O2. The highest BCUT2D eigenvalue weighted by Crippen LogP contribution is 2.13. The van der Waals surface area contributed by atoms with E-state index in [4.69, 9.17) is 0 Å². The molecule has 3 aromatic rings. The second-order valence-electron chi connectivity index (χ2n) is 6.42. The largest absolute Gasteiger partial charge is 0.355 e. The summed E-state index contributed by atoms with van der Waals surface area (Å²) in [7, 11) is 0. The minimum absolute atomic E-state index is 0.00918. The number of nitrogens with zero attached hydrogens (tertiary/aromatic N) is 2. The summed E-state index contributed by atoms with van der Waals surface area (Å²) in [6.45, 7) is 4.32. The third kappa shape index (κ3) is 4.67. The van der Waals surface area contributed by atoms with Crippen LogP contribution in [0, 0.1) is 13.8 Å². The maximum absolute atomic E-state index is 12.4. The number of carbonyl (C=O) groups excluding carboxylic acids is 1. The Kier molecular flexibility index (Phi) is 5.76. The molecule has 2 N–H and O–H groups in total. The Morgan fingerprint density at radius 3 is 2.67 bits per heavy atom. The number of hydrogen-bond acceptors (Lipinski definition) is 4. The van der Waals surface area contributed by atoms with Crippen LogP contribution in [0.4, 0.5) is 0 Å². The molecule has 0 atom stereocenters. The molecule has 1 aromatic carbocycles. The zero-order chi connectivity index (χ0) is 19.2. The van der Waals surface area contributed by atoms with Gasteiger partial charge in [-0.3, -0.25) is 14.6 Å². The molecule has 0 fully saturated rings. The molecule has 2 heterocycles. The van der Waals surface area contributed by atoms with Crippen LogP contribution in [-0.2, 0) is 17.6 Å². The van der Waals surface area contributed by atoms with Crippen LogP contribution in [0.15, 0.2) is 53.6 Å². The van der Waals surface area contributed by atoms with Gasteiger partial charge in [-0.25, -0.2) is 4.98 Å². The lowest BCUT2D eigenvalue weighted by Gasteiger charge is -2.09. The lowest BCUT2D eigenvalue weighted by Crippen LogP contribution is -2.30. The van der Waals surface area contributed by atoms with Crippen molar-refractivity contribution < 1.29 is 4.79 Å². The van der Waals surface area contributed by atoms with Crippen LogP contribution in [0.25, 0.3) is 11.4 Å². The minimum atomic E-state index is -0.296. The summed E-state index contributed by atoms with van der Waals surface area (Å²) in [5, 5.41) is 2.88. The number of pyridine rings is 1. The fourth-order valence-electron chi connectivity index (χ4n) is 2.91. The molecule has 0 bridgehead atoms. The Balaban J connectivity index is 1.64. The van der Waals surface area contributed by atoms with Crippen molar-refractivity contribution in [1.82, 2.24) is 20.3 Å². The van der Waals surface area contributed by atoms with E-state index in [1.54, 1.807) is 25.4 Å². The first-order chi connectivity index (χ1) is 13.0. The van der Waals surface area contributed by atoms with Gasteiger partial charge in [-0.05, 0) is 43.5 Å². The van der Waals surface area contributed by atoms with E-state index in [0.29, 0.717) is 23.6 Å². The monoisotopic (exact) mass is 362 g/mol. The third-order valence-electron chi connectivity index (χ3n) is 4.47. The van der Waals surface area contributed by atoms with Crippen LogP contribution < -0.4 is 10.9 Å². The average molecular weight is 362 g/mol. The number of H-pyrrole nitrogens is 1. The van der Waals surface area contributed by atoms with Gasteiger partial charge in [0.25, 0.3) is 5.56 Å². The van der Waals surface area contributed by atoms with Crippen molar-refractivity contribution in [2.24, 2.45) is 0 Å². The van der Waals surface area contributed by atoms with E-state index in [1.165, 1.54) is 11.1 Å². The van der Waals surface area contributed by atoms with E-state index in [1.807, 2.05) is 18.2 Å². The lowest BCUT2D eigenvalue weighted by molar-refractivity contribution is -0.120. The Bertz CT molecular complexity index is 997. The summed E-state index contributed by atoms with van der Waals surface area (Å²) in [4.78, 5) is 35.9. The van der Waals surface area contributed by atoms with E-state index >= 15 is 0 Å². The lowest BCUT2D eigenvalue weighted by atomic mass is 10.1. The molecule has 0 aliphatic rings. The first kappa shape index (κ1) is 18.5. The molecule has 0 aliphatic carbocycles. The topological polar surface area (TPSA) is 87.7 Å². The molecule has 0 saturated heterocycles. The number of nitrogens with one attached hydrogen (secondary N) is 2. The maximum atomic E-state index is 12.4. The number of rotatable bonds is 6. The zero-order valence-electron chi connectivity index (χ0n) is 15.5. The Hall–Kier alpha value is -3.28. The fourth-order valence-corrected chi connectivity index (χ4v) is 2.91. The van der Waals surface area contributed by atoms with Crippen molar-refractivity contribution in [2.45, 2.75) is 26.7 Å². The molecule has 0 spiro atoms. The Labute approximate surface area is 157 Å². The highest BCUT2D eigenvalue weighted by atomic mass is 16.2.